The highest BCUT2D eigenvalue weighted by Gasteiger charge is 2.59. The van der Waals surface area contributed by atoms with Gasteiger partial charge in [-0.3, -0.25) is 9.36 Å². The lowest BCUT2D eigenvalue weighted by molar-refractivity contribution is -0.123. The molecule has 47 heavy (non-hydrogen) atoms. The number of hydrogen-bond donors (Lipinski definition) is 4. The molecule has 0 aromatic carbocycles. The zero-order valence-corrected chi connectivity index (χ0v) is 31.8. The molecule has 6 N–H and O–H groups in total. The summed E-state index contributed by atoms with van der Waals surface area (Å²) >= 11 is 0. The molecule has 0 heterocycles. The average Bonchev–Trinajstić information content (AvgIpc) is 3.38. The molecule has 0 saturated heterocycles. The van der Waals surface area contributed by atoms with Gasteiger partial charge in [-0.25, -0.2) is 0 Å². The van der Waals surface area contributed by atoms with Crippen molar-refractivity contribution in [1.29, 1.82) is 0 Å². The summed E-state index contributed by atoms with van der Waals surface area (Å²) < 4.78 is 25.3. The van der Waals surface area contributed by atoms with Crippen molar-refractivity contribution in [3.8, 4) is 0 Å². The summed E-state index contributed by atoms with van der Waals surface area (Å²) in [6.45, 7) is 16.3. The monoisotopic (exact) mass is 679 g/mol. The Morgan fingerprint density at radius 2 is 1.74 bits per heavy atom. The topological polar surface area (TPSA) is 129 Å². The van der Waals surface area contributed by atoms with Crippen LogP contribution in [0.15, 0.2) is 11.6 Å². The Balaban J connectivity index is 1.27. The van der Waals surface area contributed by atoms with Crippen LogP contribution in [0.4, 0.5) is 0 Å². The third kappa shape index (κ3) is 9.73. The Labute approximate surface area is 287 Å². The Kier molecular flexibility index (Phi) is 14.5. The van der Waals surface area contributed by atoms with E-state index in [0.717, 1.165) is 67.6 Å². The molecular weight excluding hydrogens is 607 g/mol. The predicted molar refractivity (Wildman–Crippen MR) is 194 cm³/mol. The maximum atomic E-state index is 13.4. The fourth-order valence-electron chi connectivity index (χ4n) is 10.6. The summed E-state index contributed by atoms with van der Waals surface area (Å²) in [6, 6.07) is -0.314. The summed E-state index contributed by atoms with van der Waals surface area (Å²) in [6.07, 6.45) is 18.5. The molecule has 4 aliphatic rings. The minimum atomic E-state index is -3.26. The van der Waals surface area contributed by atoms with Crippen molar-refractivity contribution in [2.45, 2.75) is 137 Å². The number of nitrogens with one attached hydrogen (secondary N) is 2. The molecule has 272 valence electrons. The second-order valence-electron chi connectivity index (χ2n) is 16.7. The molecule has 1 amide bonds. The van der Waals surface area contributed by atoms with Crippen molar-refractivity contribution < 1.29 is 18.4 Å². The largest absolute Gasteiger partial charge is 0.352 e. The second-order valence-corrected chi connectivity index (χ2v) is 18.7. The molecule has 10 unspecified atom stereocenters. The number of allylic oxidation sites excluding steroid dienone is 1. The molecule has 0 bridgehead atoms. The summed E-state index contributed by atoms with van der Waals surface area (Å²) in [5.41, 5.74) is 13.5. The van der Waals surface area contributed by atoms with E-state index in [1.165, 1.54) is 56.9 Å². The van der Waals surface area contributed by atoms with E-state index in [1.54, 1.807) is 6.66 Å². The summed E-state index contributed by atoms with van der Waals surface area (Å²) in [5.74, 6) is 4.84. The number of hydrogen-bond acceptors (Lipinski definition) is 7. The first kappa shape index (κ1) is 39.0. The molecule has 9 heteroatoms. The SMILES string of the molecule is CC(C)CCCC(C)C1CCC2C3CC=C4CC(OP(C)(=O)OCCNC(=O)C(CCCN)NCCCN)CCC4(C)C3CCC12C. The lowest BCUT2D eigenvalue weighted by atomic mass is 9.47. The van der Waals surface area contributed by atoms with Crippen molar-refractivity contribution in [2.24, 2.45) is 57.8 Å². The molecule has 0 radical (unpaired) electrons. The van der Waals surface area contributed by atoms with Crippen LogP contribution in [-0.2, 0) is 18.4 Å². The van der Waals surface area contributed by atoms with Crippen molar-refractivity contribution in [3.63, 3.8) is 0 Å². The summed E-state index contributed by atoms with van der Waals surface area (Å²) in [4.78, 5) is 12.7. The van der Waals surface area contributed by atoms with Gasteiger partial charge in [-0.2, -0.15) is 0 Å². The van der Waals surface area contributed by atoms with E-state index in [2.05, 4.69) is 51.3 Å². The predicted octanol–water partition coefficient (Wildman–Crippen LogP) is 7.41. The van der Waals surface area contributed by atoms with Gasteiger partial charge in [0.2, 0.25) is 5.91 Å². The van der Waals surface area contributed by atoms with Gasteiger partial charge in [-0.15, -0.1) is 0 Å². The number of rotatable bonds is 19. The first-order valence-corrected chi connectivity index (χ1v) is 21.3. The zero-order valence-electron chi connectivity index (χ0n) is 30.9. The number of nitrogens with two attached hydrogens (primary N) is 2. The van der Waals surface area contributed by atoms with Crippen LogP contribution in [0.2, 0.25) is 0 Å². The minimum Gasteiger partial charge on any atom is -0.352 e. The lowest BCUT2D eigenvalue weighted by Gasteiger charge is -2.58. The molecule has 4 aliphatic carbocycles. The van der Waals surface area contributed by atoms with Gasteiger partial charge in [0.25, 0.3) is 0 Å². The molecule has 4 rings (SSSR count). The molecule has 0 aromatic rings. The number of fused-ring (bicyclic) bond motifs is 5. The quantitative estimate of drug-likeness (QED) is 0.0636. The van der Waals surface area contributed by atoms with E-state index in [1.807, 2.05) is 0 Å². The van der Waals surface area contributed by atoms with E-state index < -0.39 is 7.60 Å². The van der Waals surface area contributed by atoms with Crippen LogP contribution in [-0.4, -0.2) is 57.5 Å². The van der Waals surface area contributed by atoms with Gasteiger partial charge in [-0.1, -0.05) is 65.5 Å². The maximum Gasteiger partial charge on any atom is 0.327 e. The average molecular weight is 679 g/mol. The van der Waals surface area contributed by atoms with E-state index in [-0.39, 0.29) is 36.6 Å². The molecule has 10 atom stereocenters. The second kappa shape index (κ2) is 17.4. The minimum absolute atomic E-state index is 0.0832. The first-order valence-electron chi connectivity index (χ1n) is 19.4. The molecule has 0 spiro atoms. The van der Waals surface area contributed by atoms with Crippen LogP contribution in [0.3, 0.4) is 0 Å². The van der Waals surface area contributed by atoms with Gasteiger partial charge in [0.1, 0.15) is 0 Å². The van der Waals surface area contributed by atoms with E-state index in [4.69, 9.17) is 20.5 Å². The fourth-order valence-corrected chi connectivity index (χ4v) is 11.8. The van der Waals surface area contributed by atoms with Crippen LogP contribution in [0.25, 0.3) is 0 Å². The number of carbonyl (C=O) groups excluding carboxylic acids is 1. The van der Waals surface area contributed by atoms with Crippen LogP contribution in [0.5, 0.6) is 0 Å². The Morgan fingerprint density at radius 3 is 2.47 bits per heavy atom. The van der Waals surface area contributed by atoms with Crippen molar-refractivity contribution in [2.75, 3.05) is 39.5 Å². The molecule has 3 saturated carbocycles. The highest BCUT2D eigenvalue weighted by atomic mass is 31.2. The standard InChI is InChI=1S/C38H71N4O4P/c1-27(2)10-7-11-28(3)32-15-16-33-31-14-13-29-26-30(17-19-37(29,4)34(31)18-20-38(32,33)5)46-47(6,44)45-25-24-42-36(43)35(12-8-21-39)41-23-9-22-40/h13,27-28,30-35,41H,7-12,14-26,39-40H2,1-6H3,(H,42,43). The van der Waals surface area contributed by atoms with E-state index in [0.29, 0.717) is 31.5 Å². The Hall–Kier alpha value is -0.760. The van der Waals surface area contributed by atoms with Crippen LogP contribution < -0.4 is 22.1 Å². The highest BCUT2D eigenvalue weighted by Crippen LogP contribution is 2.67. The van der Waals surface area contributed by atoms with E-state index >= 15 is 0 Å². The molecule has 0 aromatic heterocycles. The summed E-state index contributed by atoms with van der Waals surface area (Å²) in [5, 5.41) is 6.18. The van der Waals surface area contributed by atoms with Crippen molar-refractivity contribution in [3.05, 3.63) is 11.6 Å². The molecular formula is C38H71N4O4P. The smallest absolute Gasteiger partial charge is 0.327 e. The maximum absolute atomic E-state index is 13.4. The number of amides is 1. The van der Waals surface area contributed by atoms with Gasteiger partial charge in [0.15, 0.2) is 0 Å². The highest BCUT2D eigenvalue weighted by molar-refractivity contribution is 7.53. The van der Waals surface area contributed by atoms with E-state index in [9.17, 15) is 9.36 Å². The third-order valence-electron chi connectivity index (χ3n) is 13.1. The van der Waals surface area contributed by atoms with Gasteiger partial charge < -0.3 is 31.1 Å². The van der Waals surface area contributed by atoms with Gasteiger partial charge >= 0.3 is 7.60 Å². The van der Waals surface area contributed by atoms with Crippen molar-refractivity contribution >= 4 is 13.5 Å². The van der Waals surface area contributed by atoms with Gasteiger partial charge in [0.05, 0.1) is 18.8 Å². The molecule has 0 aliphatic heterocycles. The lowest BCUT2D eigenvalue weighted by Crippen LogP contribution is -2.51. The fraction of sp³-hybridized carbons (Fsp3) is 0.921. The van der Waals surface area contributed by atoms with Crippen LogP contribution in [0.1, 0.15) is 125 Å². The number of carbonyl (C=O) groups is 1. The normalized spacial score (nSPS) is 34.5. The molecule has 8 nitrogen and oxygen atoms in total. The summed E-state index contributed by atoms with van der Waals surface area (Å²) in [7, 11) is -3.26. The Morgan fingerprint density at radius 1 is 0.979 bits per heavy atom. The molecule has 3 fully saturated rings. The van der Waals surface area contributed by atoms with Gasteiger partial charge in [0, 0.05) is 13.2 Å². The zero-order chi connectivity index (χ0) is 34.2. The Bertz CT molecular complexity index is 1090. The van der Waals surface area contributed by atoms with Crippen LogP contribution >= 0.6 is 7.60 Å². The first-order chi connectivity index (χ1) is 22.3. The van der Waals surface area contributed by atoms with Gasteiger partial charge in [-0.05, 0) is 137 Å². The van der Waals surface area contributed by atoms with Crippen LogP contribution in [0, 0.1) is 46.3 Å². The third-order valence-corrected chi connectivity index (χ3v) is 14.4. The van der Waals surface area contributed by atoms with Crippen molar-refractivity contribution in [1.82, 2.24) is 10.6 Å².